The molecule has 0 spiro atoms. The van der Waals surface area contributed by atoms with Crippen LogP contribution in [0, 0.1) is 5.82 Å². The number of nitrogens with one attached hydrogen (secondary N) is 1. The summed E-state index contributed by atoms with van der Waals surface area (Å²) in [5.41, 5.74) is 5.99. The molecule has 0 bridgehead atoms. The van der Waals surface area contributed by atoms with E-state index in [-0.39, 0.29) is 36.0 Å². The molecule has 0 radical (unpaired) electrons. The quantitative estimate of drug-likeness (QED) is 0.675. The number of primary amides is 1. The van der Waals surface area contributed by atoms with Crippen molar-refractivity contribution in [2.75, 3.05) is 13.2 Å². The van der Waals surface area contributed by atoms with Crippen molar-refractivity contribution in [1.29, 1.82) is 0 Å². The van der Waals surface area contributed by atoms with Crippen LogP contribution in [0.25, 0.3) is 11.3 Å². The normalized spacial score (nSPS) is 17.1. The molecule has 172 valence electrons. The van der Waals surface area contributed by atoms with Crippen molar-refractivity contribution in [3.63, 3.8) is 0 Å². The largest absolute Gasteiger partial charge is 0.365 e. The molecular weight excluding hydrogens is 451 g/mol. The summed E-state index contributed by atoms with van der Waals surface area (Å²) >= 11 is 5.87. The second-order valence-corrected chi connectivity index (χ2v) is 8.35. The zero-order valence-electron chi connectivity index (χ0n) is 16.9. The molecule has 1 fully saturated rings. The number of hydrogen-bond donors (Lipinski definition) is 2. The third-order valence-electron chi connectivity index (χ3n) is 5.88. The number of alkyl halides is 2. The highest BCUT2D eigenvalue weighted by atomic mass is 35.5. The van der Waals surface area contributed by atoms with E-state index in [9.17, 15) is 22.8 Å². The number of hydrogen-bond acceptors (Lipinski definition) is 4. The van der Waals surface area contributed by atoms with Gasteiger partial charge in [0.1, 0.15) is 11.5 Å². The van der Waals surface area contributed by atoms with Crippen LogP contribution in [-0.4, -0.2) is 51.9 Å². The molecular formula is C20H21ClF3N5O3. The third-order valence-corrected chi connectivity index (χ3v) is 6.16. The fourth-order valence-corrected chi connectivity index (χ4v) is 4.21. The first kappa shape index (κ1) is 22.4. The molecule has 3 N–H and O–H groups in total. The Balaban J connectivity index is 1.56. The molecule has 2 heterocycles. The third kappa shape index (κ3) is 4.26. The number of carbonyl (C=O) groups excluding carboxylic acids is 2. The standard InChI is InChI=1S/C20H21ClF3N5O3/c21-12-8-11(2-3-13(12)22)16-15(17(25)30)14-9-28(6-7-29(14)27-16)19(31)26-20(4-1-5-20)10-32-18(23)24/h2-3,8,18H,1,4-7,9-10H2,(H2,25,30)(H,26,31). The fraction of sp³-hybridized carbons (Fsp3) is 0.450. The molecule has 1 saturated carbocycles. The predicted octanol–water partition coefficient (Wildman–Crippen LogP) is 3.13. The number of rotatable bonds is 6. The highest BCUT2D eigenvalue weighted by Gasteiger charge is 2.41. The van der Waals surface area contributed by atoms with Gasteiger partial charge in [-0.1, -0.05) is 11.6 Å². The minimum atomic E-state index is -2.91. The Bertz CT molecular complexity index is 1060. The van der Waals surface area contributed by atoms with Crippen LogP contribution in [0.5, 0.6) is 0 Å². The summed E-state index contributed by atoms with van der Waals surface area (Å²) in [5, 5.41) is 7.12. The Labute approximate surface area is 186 Å². The number of urea groups is 1. The van der Waals surface area contributed by atoms with Crippen LogP contribution in [0.4, 0.5) is 18.0 Å². The van der Waals surface area contributed by atoms with Gasteiger partial charge < -0.3 is 20.7 Å². The summed E-state index contributed by atoms with van der Waals surface area (Å²) in [5.74, 6) is -1.35. The summed E-state index contributed by atoms with van der Waals surface area (Å²) in [4.78, 5) is 26.6. The van der Waals surface area contributed by atoms with Gasteiger partial charge in [0.25, 0.3) is 5.91 Å². The maximum atomic E-state index is 13.6. The number of amides is 3. The van der Waals surface area contributed by atoms with Crippen LogP contribution in [0.1, 0.15) is 35.3 Å². The van der Waals surface area contributed by atoms with E-state index in [0.717, 1.165) is 6.42 Å². The maximum Gasteiger partial charge on any atom is 0.345 e. The monoisotopic (exact) mass is 471 g/mol. The highest BCUT2D eigenvalue weighted by molar-refractivity contribution is 6.31. The Hall–Kier alpha value is -2.79. The number of nitrogens with two attached hydrogens (primary N) is 1. The molecule has 0 atom stereocenters. The van der Waals surface area contributed by atoms with Crippen molar-refractivity contribution in [3.8, 4) is 11.3 Å². The average molecular weight is 472 g/mol. The van der Waals surface area contributed by atoms with E-state index in [1.54, 1.807) is 4.68 Å². The number of fused-ring (bicyclic) bond motifs is 1. The van der Waals surface area contributed by atoms with Gasteiger partial charge in [-0.3, -0.25) is 9.48 Å². The zero-order chi connectivity index (χ0) is 23.0. The van der Waals surface area contributed by atoms with Gasteiger partial charge >= 0.3 is 12.6 Å². The van der Waals surface area contributed by atoms with Crippen molar-refractivity contribution >= 4 is 23.5 Å². The molecule has 1 aromatic heterocycles. The van der Waals surface area contributed by atoms with E-state index < -0.39 is 29.9 Å². The molecule has 0 unspecified atom stereocenters. The summed E-state index contributed by atoms with van der Waals surface area (Å²) < 4.78 is 44.5. The van der Waals surface area contributed by atoms with E-state index in [2.05, 4.69) is 15.2 Å². The smallest absolute Gasteiger partial charge is 0.345 e. The van der Waals surface area contributed by atoms with Gasteiger partial charge in [0.05, 0.1) is 41.5 Å². The van der Waals surface area contributed by atoms with Crippen LogP contribution in [-0.2, 0) is 17.8 Å². The summed E-state index contributed by atoms with van der Waals surface area (Å²) in [6, 6.07) is 3.51. The summed E-state index contributed by atoms with van der Waals surface area (Å²) in [7, 11) is 0. The van der Waals surface area contributed by atoms with E-state index in [0.29, 0.717) is 30.6 Å². The molecule has 0 saturated heterocycles. The zero-order valence-corrected chi connectivity index (χ0v) is 17.7. The Morgan fingerprint density at radius 2 is 2.06 bits per heavy atom. The molecule has 2 aliphatic rings. The van der Waals surface area contributed by atoms with Gasteiger partial charge in [-0.25, -0.2) is 9.18 Å². The molecule has 4 rings (SSSR count). The van der Waals surface area contributed by atoms with E-state index in [1.807, 2.05) is 0 Å². The lowest BCUT2D eigenvalue weighted by Gasteiger charge is -2.43. The van der Waals surface area contributed by atoms with Crippen LogP contribution < -0.4 is 11.1 Å². The van der Waals surface area contributed by atoms with E-state index in [1.165, 1.54) is 23.1 Å². The van der Waals surface area contributed by atoms with Crippen molar-refractivity contribution in [2.45, 2.75) is 44.5 Å². The van der Waals surface area contributed by atoms with E-state index >= 15 is 0 Å². The second kappa shape index (κ2) is 8.62. The van der Waals surface area contributed by atoms with Gasteiger partial charge in [0.2, 0.25) is 0 Å². The first-order chi connectivity index (χ1) is 15.2. The van der Waals surface area contributed by atoms with Crippen LogP contribution in [0.3, 0.4) is 0 Å². The maximum absolute atomic E-state index is 13.6. The first-order valence-corrected chi connectivity index (χ1v) is 10.4. The minimum absolute atomic E-state index is 0.0395. The first-order valence-electron chi connectivity index (χ1n) is 10.0. The SMILES string of the molecule is NC(=O)c1c(-c2ccc(F)c(Cl)c2)nn2c1CN(C(=O)NC1(COC(F)F)CCC1)CC2. The van der Waals surface area contributed by atoms with Gasteiger partial charge in [-0.15, -0.1) is 0 Å². The summed E-state index contributed by atoms with van der Waals surface area (Å²) in [6.45, 7) is -2.57. The number of halogens is 4. The van der Waals surface area contributed by atoms with Gasteiger partial charge in [0, 0.05) is 12.1 Å². The number of carbonyl (C=O) groups is 2. The number of benzene rings is 1. The molecule has 1 aliphatic carbocycles. The molecule has 8 nitrogen and oxygen atoms in total. The van der Waals surface area contributed by atoms with Crippen molar-refractivity contribution < 1.29 is 27.5 Å². The van der Waals surface area contributed by atoms with Gasteiger partial charge in [0.15, 0.2) is 0 Å². The second-order valence-electron chi connectivity index (χ2n) is 7.94. The fourth-order valence-electron chi connectivity index (χ4n) is 4.03. The van der Waals surface area contributed by atoms with Crippen molar-refractivity contribution in [1.82, 2.24) is 20.0 Å². The molecule has 3 amide bonds. The van der Waals surface area contributed by atoms with Crippen LogP contribution >= 0.6 is 11.6 Å². The lowest BCUT2D eigenvalue weighted by molar-refractivity contribution is -0.150. The van der Waals surface area contributed by atoms with Gasteiger partial charge in [-0.2, -0.15) is 13.9 Å². The molecule has 12 heteroatoms. The minimum Gasteiger partial charge on any atom is -0.365 e. The topological polar surface area (TPSA) is 102 Å². The molecule has 32 heavy (non-hydrogen) atoms. The lowest BCUT2D eigenvalue weighted by Crippen LogP contribution is -2.60. The average Bonchev–Trinajstić information content (AvgIpc) is 3.10. The van der Waals surface area contributed by atoms with Crippen LogP contribution in [0.15, 0.2) is 18.2 Å². The number of aromatic nitrogens is 2. The number of ether oxygens (including phenoxy) is 1. The molecule has 2 aromatic rings. The Morgan fingerprint density at radius 3 is 2.66 bits per heavy atom. The van der Waals surface area contributed by atoms with Crippen molar-refractivity contribution in [3.05, 3.63) is 40.3 Å². The predicted molar refractivity (Wildman–Crippen MR) is 109 cm³/mol. The van der Waals surface area contributed by atoms with Crippen molar-refractivity contribution in [2.24, 2.45) is 5.73 Å². The highest BCUT2D eigenvalue weighted by Crippen LogP contribution is 2.34. The number of nitrogens with zero attached hydrogens (tertiary/aromatic N) is 3. The molecule has 1 aliphatic heterocycles. The van der Waals surface area contributed by atoms with E-state index in [4.69, 9.17) is 17.3 Å². The molecule has 1 aromatic carbocycles. The Kier molecular flexibility index (Phi) is 6.04. The van der Waals surface area contributed by atoms with Gasteiger partial charge in [-0.05, 0) is 37.5 Å². The Morgan fingerprint density at radius 1 is 1.31 bits per heavy atom. The lowest BCUT2D eigenvalue weighted by atomic mass is 9.77. The van der Waals surface area contributed by atoms with Crippen LogP contribution in [0.2, 0.25) is 5.02 Å². The summed E-state index contributed by atoms with van der Waals surface area (Å²) in [6.07, 6.45) is 1.88.